The number of thioether (sulfide) groups is 1. The Hall–Kier alpha value is -2.09. The first-order valence-electron chi connectivity index (χ1n) is 9.87. The van der Waals surface area contributed by atoms with Crippen molar-refractivity contribution in [3.63, 3.8) is 0 Å². The summed E-state index contributed by atoms with van der Waals surface area (Å²) in [5, 5.41) is 15.2. The number of rotatable bonds is 7. The summed E-state index contributed by atoms with van der Waals surface area (Å²) in [7, 11) is 0. The van der Waals surface area contributed by atoms with E-state index in [1.54, 1.807) is 18.2 Å². The molecule has 2 heterocycles. The van der Waals surface area contributed by atoms with Gasteiger partial charge in [-0.05, 0) is 48.9 Å². The molecular formula is C22H23ClN4OS2. The largest absolute Gasteiger partial charge is 0.325 e. The number of nitrogens with one attached hydrogen (secondary N) is 1. The summed E-state index contributed by atoms with van der Waals surface area (Å²) in [6.45, 7) is 6.79. The molecule has 1 amide bonds. The van der Waals surface area contributed by atoms with Crippen LogP contribution in [-0.2, 0) is 24.2 Å². The molecule has 156 valence electrons. The number of amides is 1. The predicted molar refractivity (Wildman–Crippen MR) is 126 cm³/mol. The van der Waals surface area contributed by atoms with Crippen molar-refractivity contribution >= 4 is 46.3 Å². The molecule has 1 N–H and O–H groups in total. The number of halogens is 1. The van der Waals surface area contributed by atoms with E-state index in [2.05, 4.69) is 34.4 Å². The zero-order valence-corrected chi connectivity index (χ0v) is 19.1. The third-order valence-corrected chi connectivity index (χ3v) is 7.36. The van der Waals surface area contributed by atoms with E-state index in [-0.39, 0.29) is 11.7 Å². The Morgan fingerprint density at radius 3 is 3.13 bits per heavy atom. The van der Waals surface area contributed by atoms with Gasteiger partial charge in [-0.15, -0.1) is 28.1 Å². The van der Waals surface area contributed by atoms with Crippen LogP contribution in [0, 0.1) is 5.92 Å². The quantitative estimate of drug-likeness (QED) is 0.364. The number of nitrogens with zero attached hydrogens (tertiary/aromatic N) is 3. The van der Waals surface area contributed by atoms with Crippen LogP contribution in [0.25, 0.3) is 11.4 Å². The predicted octanol–water partition coefficient (Wildman–Crippen LogP) is 5.70. The van der Waals surface area contributed by atoms with Gasteiger partial charge < -0.3 is 5.32 Å². The second kappa shape index (κ2) is 9.37. The Kier molecular flexibility index (Phi) is 6.61. The number of hydrogen-bond acceptors (Lipinski definition) is 5. The van der Waals surface area contributed by atoms with Crippen molar-refractivity contribution in [2.75, 3.05) is 11.1 Å². The molecular weight excluding hydrogens is 436 g/mol. The molecule has 0 bridgehead atoms. The Labute approximate surface area is 189 Å². The lowest BCUT2D eigenvalue weighted by Gasteiger charge is -2.19. The molecule has 3 aromatic rings. The second-order valence-electron chi connectivity index (χ2n) is 7.45. The molecule has 0 saturated heterocycles. The van der Waals surface area contributed by atoms with Gasteiger partial charge in [0.1, 0.15) is 0 Å². The Bertz CT molecular complexity index is 1080. The number of aromatic nitrogens is 3. The van der Waals surface area contributed by atoms with E-state index >= 15 is 0 Å². The molecule has 1 aliphatic rings. The SMILES string of the molecule is C=CCn1c(SCC(=O)Nc2cccc(Cl)c2)nnc1-c1csc2c1CCC(C)C2. The molecule has 0 spiro atoms. The van der Waals surface area contributed by atoms with Crippen LogP contribution in [-0.4, -0.2) is 26.4 Å². The first-order chi connectivity index (χ1) is 14.5. The normalized spacial score (nSPS) is 15.6. The summed E-state index contributed by atoms with van der Waals surface area (Å²) in [5.41, 5.74) is 3.26. The maximum Gasteiger partial charge on any atom is 0.234 e. The standard InChI is InChI=1S/C22H23ClN4OS2/c1-3-9-27-21(18-12-29-19-10-14(2)7-8-17(18)19)25-26-22(27)30-13-20(28)24-16-6-4-5-15(23)11-16/h3-6,11-12,14H,1,7-10,13H2,2H3,(H,24,28). The van der Waals surface area contributed by atoms with Gasteiger partial charge in [-0.1, -0.05) is 42.4 Å². The van der Waals surface area contributed by atoms with Gasteiger partial charge in [-0.2, -0.15) is 0 Å². The van der Waals surface area contributed by atoms with E-state index < -0.39 is 0 Å². The second-order valence-corrected chi connectivity index (χ2v) is 9.79. The highest BCUT2D eigenvalue weighted by molar-refractivity contribution is 7.99. The molecule has 1 aromatic carbocycles. The van der Waals surface area contributed by atoms with E-state index in [0.29, 0.717) is 17.3 Å². The summed E-state index contributed by atoms with van der Waals surface area (Å²) in [6, 6.07) is 7.12. The first kappa shape index (κ1) is 21.2. The fraction of sp³-hybridized carbons (Fsp3) is 0.318. The average Bonchev–Trinajstić information content (AvgIpc) is 3.30. The van der Waals surface area contributed by atoms with Crippen molar-refractivity contribution in [1.82, 2.24) is 14.8 Å². The van der Waals surface area contributed by atoms with Crippen LogP contribution in [0.4, 0.5) is 5.69 Å². The zero-order chi connectivity index (χ0) is 21.1. The van der Waals surface area contributed by atoms with Crippen molar-refractivity contribution in [3.05, 3.63) is 57.8 Å². The minimum absolute atomic E-state index is 0.112. The molecule has 0 fully saturated rings. The van der Waals surface area contributed by atoms with E-state index in [1.165, 1.54) is 34.2 Å². The van der Waals surface area contributed by atoms with Crippen molar-refractivity contribution in [2.24, 2.45) is 5.92 Å². The minimum Gasteiger partial charge on any atom is -0.325 e. The fourth-order valence-electron chi connectivity index (χ4n) is 3.65. The topological polar surface area (TPSA) is 59.8 Å². The van der Waals surface area contributed by atoms with Gasteiger partial charge in [0, 0.05) is 33.1 Å². The number of thiophene rings is 1. The van der Waals surface area contributed by atoms with Gasteiger partial charge in [0.2, 0.25) is 5.91 Å². The highest BCUT2D eigenvalue weighted by atomic mass is 35.5. The lowest BCUT2D eigenvalue weighted by atomic mass is 9.88. The number of benzene rings is 1. The summed E-state index contributed by atoms with van der Waals surface area (Å²) < 4.78 is 2.05. The number of anilines is 1. The van der Waals surface area contributed by atoms with Gasteiger partial charge in [0.15, 0.2) is 11.0 Å². The van der Waals surface area contributed by atoms with E-state index in [4.69, 9.17) is 11.6 Å². The Morgan fingerprint density at radius 1 is 1.47 bits per heavy atom. The van der Waals surface area contributed by atoms with Crippen LogP contribution in [0.5, 0.6) is 0 Å². The van der Waals surface area contributed by atoms with Crippen molar-refractivity contribution in [3.8, 4) is 11.4 Å². The summed E-state index contributed by atoms with van der Waals surface area (Å²) in [6.07, 6.45) is 5.27. The lowest BCUT2D eigenvalue weighted by Crippen LogP contribution is -2.14. The third-order valence-electron chi connectivity index (χ3n) is 5.11. The number of carbonyl (C=O) groups excluding carboxylic acids is 1. The van der Waals surface area contributed by atoms with Crippen LogP contribution in [0.3, 0.4) is 0 Å². The number of allylic oxidation sites excluding steroid dienone is 1. The highest BCUT2D eigenvalue weighted by Crippen LogP contribution is 2.38. The van der Waals surface area contributed by atoms with Gasteiger partial charge in [0.25, 0.3) is 0 Å². The average molecular weight is 459 g/mol. The molecule has 0 radical (unpaired) electrons. The molecule has 5 nitrogen and oxygen atoms in total. The molecule has 30 heavy (non-hydrogen) atoms. The maximum absolute atomic E-state index is 12.4. The Morgan fingerprint density at radius 2 is 2.33 bits per heavy atom. The maximum atomic E-state index is 12.4. The molecule has 4 rings (SSSR count). The fourth-order valence-corrected chi connectivity index (χ4v) is 5.83. The first-order valence-corrected chi connectivity index (χ1v) is 12.1. The summed E-state index contributed by atoms with van der Waals surface area (Å²) in [4.78, 5) is 13.8. The van der Waals surface area contributed by atoms with Gasteiger partial charge in [-0.25, -0.2) is 0 Å². The Balaban J connectivity index is 1.50. The monoisotopic (exact) mass is 458 g/mol. The third kappa shape index (κ3) is 4.63. The van der Waals surface area contributed by atoms with Crippen LogP contribution in [0.2, 0.25) is 5.02 Å². The lowest BCUT2D eigenvalue weighted by molar-refractivity contribution is -0.113. The van der Waals surface area contributed by atoms with E-state index in [9.17, 15) is 4.79 Å². The molecule has 0 saturated carbocycles. The van der Waals surface area contributed by atoms with Crippen molar-refractivity contribution in [2.45, 2.75) is 37.9 Å². The highest BCUT2D eigenvalue weighted by Gasteiger charge is 2.24. The van der Waals surface area contributed by atoms with Gasteiger partial charge in [-0.3, -0.25) is 9.36 Å². The van der Waals surface area contributed by atoms with E-state index in [0.717, 1.165) is 29.7 Å². The smallest absolute Gasteiger partial charge is 0.234 e. The molecule has 8 heteroatoms. The minimum atomic E-state index is -0.112. The van der Waals surface area contributed by atoms with Crippen LogP contribution in [0.15, 0.2) is 47.5 Å². The molecule has 2 aromatic heterocycles. The molecule has 1 atom stereocenters. The van der Waals surface area contributed by atoms with Crippen LogP contribution < -0.4 is 5.32 Å². The van der Waals surface area contributed by atoms with Gasteiger partial charge in [0.05, 0.1) is 5.75 Å². The number of hydrogen-bond donors (Lipinski definition) is 1. The van der Waals surface area contributed by atoms with Crippen molar-refractivity contribution < 1.29 is 4.79 Å². The summed E-state index contributed by atoms with van der Waals surface area (Å²) >= 11 is 9.17. The number of fused-ring (bicyclic) bond motifs is 1. The van der Waals surface area contributed by atoms with E-state index in [1.807, 2.05) is 28.0 Å². The van der Waals surface area contributed by atoms with Gasteiger partial charge >= 0.3 is 0 Å². The summed E-state index contributed by atoms with van der Waals surface area (Å²) in [5.74, 6) is 1.72. The molecule has 1 aliphatic carbocycles. The molecule has 0 aliphatic heterocycles. The van der Waals surface area contributed by atoms with Crippen LogP contribution in [0.1, 0.15) is 23.8 Å². The molecule has 1 unspecified atom stereocenters. The van der Waals surface area contributed by atoms with Crippen molar-refractivity contribution in [1.29, 1.82) is 0 Å². The zero-order valence-electron chi connectivity index (χ0n) is 16.7. The van der Waals surface area contributed by atoms with Crippen LogP contribution >= 0.6 is 34.7 Å². The number of carbonyl (C=O) groups is 1.